The van der Waals surface area contributed by atoms with Crippen LogP contribution in [0.2, 0.25) is 0 Å². The van der Waals surface area contributed by atoms with Crippen molar-refractivity contribution in [3.8, 4) is 0 Å². The van der Waals surface area contributed by atoms with Gasteiger partial charge in [0.1, 0.15) is 16.5 Å². The molecular weight excluding hydrogens is 459 g/mol. The molecule has 11 heteroatoms. The molecule has 1 aromatic carbocycles. The largest absolute Gasteiger partial charge is 0.383 e. The van der Waals surface area contributed by atoms with Gasteiger partial charge in [-0.3, -0.25) is 9.59 Å². The highest BCUT2D eigenvalue weighted by Gasteiger charge is 2.26. The number of methoxy groups -OCH3 is 1. The summed E-state index contributed by atoms with van der Waals surface area (Å²) < 4.78 is 19.9. The molecule has 1 aliphatic rings. The zero-order chi connectivity index (χ0) is 24.2. The number of aryl methyl sites for hydroxylation is 2. The van der Waals surface area contributed by atoms with E-state index in [1.165, 1.54) is 35.9 Å². The number of nitrogens with one attached hydrogen (secondary N) is 2. The van der Waals surface area contributed by atoms with Crippen molar-refractivity contribution >= 4 is 40.5 Å². The number of benzene rings is 1. The van der Waals surface area contributed by atoms with Crippen LogP contribution in [-0.2, 0) is 4.74 Å². The highest BCUT2D eigenvalue weighted by atomic mass is 32.1. The molecule has 3 aromatic rings. The average Bonchev–Trinajstić information content (AvgIpc) is 3.45. The average molecular weight is 485 g/mol. The number of nitrogens with zero attached hydrogens (tertiary/aromatic N) is 4. The summed E-state index contributed by atoms with van der Waals surface area (Å²) in [6, 6.07) is 2.76. The molecule has 1 fully saturated rings. The second kappa shape index (κ2) is 10.2. The molecule has 178 valence electrons. The van der Waals surface area contributed by atoms with Gasteiger partial charge in [0.05, 0.1) is 41.8 Å². The summed E-state index contributed by atoms with van der Waals surface area (Å²) in [6.45, 7) is 4.91. The molecule has 1 aliphatic heterocycles. The van der Waals surface area contributed by atoms with Crippen LogP contribution < -0.4 is 15.5 Å². The molecule has 0 spiro atoms. The van der Waals surface area contributed by atoms with E-state index in [0.29, 0.717) is 28.6 Å². The zero-order valence-electron chi connectivity index (χ0n) is 19.1. The maximum Gasteiger partial charge on any atom is 0.267 e. The molecule has 0 radical (unpaired) electrons. The number of ether oxygens (including phenoxy) is 1. The summed E-state index contributed by atoms with van der Waals surface area (Å²) in [6.07, 6.45) is 6.56. The predicted molar refractivity (Wildman–Crippen MR) is 128 cm³/mol. The van der Waals surface area contributed by atoms with Crippen LogP contribution in [0.1, 0.15) is 43.4 Å². The molecule has 3 heterocycles. The summed E-state index contributed by atoms with van der Waals surface area (Å²) in [5, 5.41) is 6.05. The van der Waals surface area contributed by atoms with Gasteiger partial charge in [-0.05, 0) is 44.4 Å². The standard InChI is InChI=1S/C23H25FN6O3S/c1-13-7-17(24)16(8-18(13)28-23(32)19-9-25-14(2)34-19)22(31)29-20-10-27-21(11-26-20)30-6-4-5-15(30)12-33-3/h7-11,15H,4-6,12H2,1-3H3,(H,28,32)(H,26,29,31)/t15-/m0/s1. The molecule has 0 aliphatic carbocycles. The number of anilines is 3. The summed E-state index contributed by atoms with van der Waals surface area (Å²) >= 11 is 1.25. The molecule has 2 amide bonds. The van der Waals surface area contributed by atoms with Crippen LogP contribution in [0.15, 0.2) is 30.7 Å². The van der Waals surface area contributed by atoms with E-state index in [0.717, 1.165) is 24.4 Å². The van der Waals surface area contributed by atoms with E-state index >= 15 is 0 Å². The van der Waals surface area contributed by atoms with E-state index in [1.807, 2.05) is 0 Å². The summed E-state index contributed by atoms with van der Waals surface area (Å²) in [4.78, 5) is 40.5. The van der Waals surface area contributed by atoms with Crippen LogP contribution in [0, 0.1) is 19.7 Å². The summed E-state index contributed by atoms with van der Waals surface area (Å²) in [5.41, 5.74) is 0.609. The Bertz CT molecular complexity index is 1200. The van der Waals surface area contributed by atoms with Crippen molar-refractivity contribution in [1.29, 1.82) is 0 Å². The normalized spacial score (nSPS) is 15.4. The van der Waals surface area contributed by atoms with Crippen LogP contribution in [0.3, 0.4) is 0 Å². The van der Waals surface area contributed by atoms with E-state index < -0.39 is 11.7 Å². The number of amides is 2. The molecule has 2 N–H and O–H groups in total. The molecule has 34 heavy (non-hydrogen) atoms. The SMILES string of the molecule is COC[C@@H]1CCCN1c1cnc(NC(=O)c2cc(NC(=O)c3cnc(C)s3)c(C)cc2F)cn1. The zero-order valence-corrected chi connectivity index (χ0v) is 19.9. The third-order valence-corrected chi connectivity index (χ3v) is 6.47. The van der Waals surface area contributed by atoms with Gasteiger partial charge in [0.25, 0.3) is 11.8 Å². The van der Waals surface area contributed by atoms with Crippen LogP contribution >= 0.6 is 11.3 Å². The Balaban J connectivity index is 1.47. The second-order valence-corrected chi connectivity index (χ2v) is 9.24. The summed E-state index contributed by atoms with van der Waals surface area (Å²) in [5.74, 6) is -0.876. The lowest BCUT2D eigenvalue weighted by Gasteiger charge is -2.24. The lowest BCUT2D eigenvalue weighted by Crippen LogP contribution is -2.33. The van der Waals surface area contributed by atoms with Crippen molar-refractivity contribution in [1.82, 2.24) is 15.0 Å². The van der Waals surface area contributed by atoms with Gasteiger partial charge < -0.3 is 20.3 Å². The van der Waals surface area contributed by atoms with Gasteiger partial charge in [0, 0.05) is 19.3 Å². The Morgan fingerprint density at radius 1 is 1.15 bits per heavy atom. The molecular formula is C23H25FN6O3S. The number of rotatable bonds is 7. The molecule has 2 aromatic heterocycles. The highest BCUT2D eigenvalue weighted by Crippen LogP contribution is 2.25. The van der Waals surface area contributed by atoms with Crippen LogP contribution in [0.5, 0.6) is 0 Å². The Morgan fingerprint density at radius 3 is 2.65 bits per heavy atom. The minimum Gasteiger partial charge on any atom is -0.383 e. The quantitative estimate of drug-likeness (QED) is 0.525. The smallest absolute Gasteiger partial charge is 0.267 e. The van der Waals surface area contributed by atoms with Crippen molar-refractivity contribution in [2.24, 2.45) is 0 Å². The first kappa shape index (κ1) is 23.7. The third kappa shape index (κ3) is 5.20. The number of hydrogen-bond donors (Lipinski definition) is 2. The predicted octanol–water partition coefficient (Wildman–Crippen LogP) is 3.81. The maximum absolute atomic E-state index is 14.6. The minimum atomic E-state index is -0.703. The fourth-order valence-corrected chi connectivity index (χ4v) is 4.53. The van der Waals surface area contributed by atoms with E-state index in [1.54, 1.807) is 27.2 Å². The number of thiazole rings is 1. The number of hydrogen-bond acceptors (Lipinski definition) is 8. The van der Waals surface area contributed by atoms with Gasteiger partial charge in [-0.15, -0.1) is 11.3 Å². The fraction of sp³-hybridized carbons (Fsp3) is 0.348. The van der Waals surface area contributed by atoms with E-state index in [-0.39, 0.29) is 23.3 Å². The number of carbonyl (C=O) groups excluding carboxylic acids is 2. The molecule has 1 atom stereocenters. The lowest BCUT2D eigenvalue weighted by atomic mass is 10.1. The van der Waals surface area contributed by atoms with Crippen molar-refractivity contribution in [3.63, 3.8) is 0 Å². The molecule has 4 rings (SSSR count). The monoisotopic (exact) mass is 484 g/mol. The number of halogens is 1. The minimum absolute atomic E-state index is 0.196. The van der Waals surface area contributed by atoms with Gasteiger partial charge in [-0.25, -0.2) is 19.3 Å². The van der Waals surface area contributed by atoms with Gasteiger partial charge >= 0.3 is 0 Å². The molecule has 0 bridgehead atoms. The van der Waals surface area contributed by atoms with Crippen LogP contribution in [0.25, 0.3) is 0 Å². The molecule has 0 saturated carbocycles. The fourth-order valence-electron chi connectivity index (χ4n) is 3.85. The van der Waals surface area contributed by atoms with Crippen molar-refractivity contribution < 1.29 is 18.7 Å². The van der Waals surface area contributed by atoms with Crippen molar-refractivity contribution in [2.75, 3.05) is 35.8 Å². The van der Waals surface area contributed by atoms with Crippen LogP contribution in [0.4, 0.5) is 21.7 Å². The Kier molecular flexibility index (Phi) is 7.13. The first-order valence-corrected chi connectivity index (χ1v) is 11.6. The van der Waals surface area contributed by atoms with E-state index in [2.05, 4.69) is 30.5 Å². The maximum atomic E-state index is 14.6. The Morgan fingerprint density at radius 2 is 1.97 bits per heavy atom. The highest BCUT2D eigenvalue weighted by molar-refractivity contribution is 7.13. The van der Waals surface area contributed by atoms with Crippen molar-refractivity contribution in [2.45, 2.75) is 32.7 Å². The van der Waals surface area contributed by atoms with Crippen LogP contribution in [-0.4, -0.2) is 53.1 Å². The first-order valence-electron chi connectivity index (χ1n) is 10.8. The first-order chi connectivity index (χ1) is 16.4. The lowest BCUT2D eigenvalue weighted by molar-refractivity contribution is 0.101. The van der Waals surface area contributed by atoms with Gasteiger partial charge in [-0.1, -0.05) is 0 Å². The van der Waals surface area contributed by atoms with Crippen molar-refractivity contribution in [3.05, 3.63) is 57.6 Å². The van der Waals surface area contributed by atoms with Gasteiger partial charge in [0.15, 0.2) is 5.82 Å². The topological polar surface area (TPSA) is 109 Å². The summed E-state index contributed by atoms with van der Waals surface area (Å²) in [7, 11) is 1.67. The molecule has 1 saturated heterocycles. The third-order valence-electron chi connectivity index (χ3n) is 5.56. The Labute approximate surface area is 200 Å². The number of carbonyl (C=O) groups is 2. The van der Waals surface area contributed by atoms with E-state index in [9.17, 15) is 14.0 Å². The van der Waals surface area contributed by atoms with E-state index in [4.69, 9.17) is 4.74 Å². The second-order valence-electron chi connectivity index (χ2n) is 8.00. The van der Waals surface area contributed by atoms with Gasteiger partial charge in [0.2, 0.25) is 0 Å². The molecule has 0 unspecified atom stereocenters. The number of aromatic nitrogens is 3. The Hall–Kier alpha value is -3.44. The van der Waals surface area contributed by atoms with Gasteiger partial charge in [-0.2, -0.15) is 0 Å². The molecule has 9 nitrogen and oxygen atoms in total.